The number of aromatic hydroxyl groups is 1. The van der Waals surface area contributed by atoms with Crippen molar-refractivity contribution in [3.63, 3.8) is 0 Å². The zero-order valence-electron chi connectivity index (χ0n) is 21.4. The van der Waals surface area contributed by atoms with Gasteiger partial charge in [0.15, 0.2) is 0 Å². The van der Waals surface area contributed by atoms with E-state index in [4.69, 9.17) is 0 Å². The highest BCUT2D eigenvalue weighted by atomic mass is 32.2. The number of hydrogen-bond acceptors (Lipinski definition) is 4. The first kappa shape index (κ1) is 30.3. The fourth-order valence-corrected chi connectivity index (χ4v) is 4.76. The van der Waals surface area contributed by atoms with Crippen LogP contribution in [0.4, 0.5) is 4.79 Å². The van der Waals surface area contributed by atoms with Crippen molar-refractivity contribution in [1.82, 2.24) is 10.6 Å². The van der Waals surface area contributed by atoms with Crippen LogP contribution >= 0.6 is 11.8 Å². The predicted molar refractivity (Wildman–Crippen MR) is 145 cm³/mol. The number of unbranched alkanes of at least 4 members (excludes halogenated alkanes) is 15. The van der Waals surface area contributed by atoms with Gasteiger partial charge in [-0.25, -0.2) is 4.79 Å². The van der Waals surface area contributed by atoms with Crippen LogP contribution in [0.15, 0.2) is 29.2 Å². The van der Waals surface area contributed by atoms with Gasteiger partial charge in [0.1, 0.15) is 5.75 Å². The molecule has 5 nitrogen and oxygen atoms in total. The van der Waals surface area contributed by atoms with Crippen molar-refractivity contribution >= 4 is 23.7 Å². The number of amides is 3. The molecule has 3 amide bonds. The Bertz CT molecular complexity index is 637. The quantitative estimate of drug-likeness (QED) is 0.120. The summed E-state index contributed by atoms with van der Waals surface area (Å²) >= 11 is 1.52. The lowest BCUT2D eigenvalue weighted by atomic mass is 10.0. The molecule has 0 spiro atoms. The van der Waals surface area contributed by atoms with Crippen molar-refractivity contribution in [2.24, 2.45) is 0 Å². The number of rotatable bonds is 21. The van der Waals surface area contributed by atoms with E-state index in [0.717, 1.165) is 17.7 Å². The van der Waals surface area contributed by atoms with E-state index in [9.17, 15) is 14.7 Å². The second-order valence-corrected chi connectivity index (χ2v) is 10.4. The Hall–Kier alpha value is -1.69. The zero-order chi connectivity index (χ0) is 24.7. The summed E-state index contributed by atoms with van der Waals surface area (Å²) in [6.45, 7) is 2.88. The molecule has 34 heavy (non-hydrogen) atoms. The van der Waals surface area contributed by atoms with Crippen molar-refractivity contribution in [1.29, 1.82) is 0 Å². The normalized spacial score (nSPS) is 10.9. The zero-order valence-corrected chi connectivity index (χ0v) is 22.2. The molecule has 0 aliphatic rings. The van der Waals surface area contributed by atoms with Gasteiger partial charge in [0.05, 0.1) is 0 Å². The molecule has 0 saturated carbocycles. The van der Waals surface area contributed by atoms with Gasteiger partial charge in [0.25, 0.3) is 0 Å². The van der Waals surface area contributed by atoms with E-state index in [1.54, 1.807) is 12.1 Å². The Kier molecular flexibility index (Phi) is 19.5. The van der Waals surface area contributed by atoms with E-state index in [1.165, 1.54) is 102 Å². The van der Waals surface area contributed by atoms with Crippen LogP contribution < -0.4 is 10.6 Å². The molecule has 0 atom stereocenters. The van der Waals surface area contributed by atoms with Gasteiger partial charge in [-0.1, -0.05) is 103 Å². The van der Waals surface area contributed by atoms with Crippen LogP contribution in [0, 0.1) is 0 Å². The molecular weight excluding hydrogens is 444 g/mol. The van der Waals surface area contributed by atoms with Crippen molar-refractivity contribution in [2.45, 2.75) is 121 Å². The first-order chi connectivity index (χ1) is 16.6. The minimum atomic E-state index is -0.402. The summed E-state index contributed by atoms with van der Waals surface area (Å²) in [4.78, 5) is 24.6. The summed E-state index contributed by atoms with van der Waals surface area (Å²) in [6, 6.07) is 6.45. The van der Waals surface area contributed by atoms with Crippen molar-refractivity contribution in [3.05, 3.63) is 24.3 Å². The van der Waals surface area contributed by atoms with Gasteiger partial charge in [0.2, 0.25) is 5.91 Å². The third kappa shape index (κ3) is 18.7. The highest BCUT2D eigenvalue weighted by Crippen LogP contribution is 2.21. The van der Waals surface area contributed by atoms with Crippen LogP contribution in [-0.2, 0) is 4.79 Å². The molecule has 194 valence electrons. The molecule has 0 heterocycles. The fourth-order valence-electron chi connectivity index (χ4n) is 3.91. The standard InChI is InChI=1S/C28H48N2O3S/c1-2-3-4-5-6-7-8-9-10-11-12-13-14-15-16-17-23-29-28(33)30-27(32)22-24-34-26-20-18-25(31)19-21-26/h18-21,31H,2-17,22-24H2,1H3,(H2,29,30,32,33). The lowest BCUT2D eigenvalue weighted by molar-refractivity contribution is -0.119. The Morgan fingerprint density at radius 2 is 1.21 bits per heavy atom. The molecule has 0 aromatic heterocycles. The third-order valence-electron chi connectivity index (χ3n) is 6.00. The van der Waals surface area contributed by atoms with Gasteiger partial charge in [-0.15, -0.1) is 11.8 Å². The molecule has 1 rings (SSSR count). The van der Waals surface area contributed by atoms with Crippen LogP contribution in [0.3, 0.4) is 0 Å². The minimum absolute atomic E-state index is 0.225. The number of hydrogen-bond donors (Lipinski definition) is 3. The highest BCUT2D eigenvalue weighted by Gasteiger charge is 2.07. The van der Waals surface area contributed by atoms with Crippen molar-refractivity contribution in [2.75, 3.05) is 12.3 Å². The van der Waals surface area contributed by atoms with Gasteiger partial charge in [0, 0.05) is 23.6 Å². The summed E-state index contributed by atoms with van der Waals surface area (Å²) in [5.74, 6) is 0.544. The molecule has 0 bridgehead atoms. The maximum absolute atomic E-state index is 11.9. The number of urea groups is 1. The first-order valence-corrected chi connectivity index (χ1v) is 14.6. The molecule has 1 aromatic carbocycles. The summed E-state index contributed by atoms with van der Waals surface area (Å²) in [7, 11) is 0. The van der Waals surface area contributed by atoms with Crippen LogP contribution in [0.5, 0.6) is 5.75 Å². The number of thioether (sulfide) groups is 1. The van der Waals surface area contributed by atoms with Crippen LogP contribution in [0.25, 0.3) is 0 Å². The number of phenolic OH excluding ortho intramolecular Hbond substituents is 1. The minimum Gasteiger partial charge on any atom is -0.508 e. The van der Waals surface area contributed by atoms with Gasteiger partial charge < -0.3 is 10.4 Å². The lowest BCUT2D eigenvalue weighted by Crippen LogP contribution is -2.39. The largest absolute Gasteiger partial charge is 0.508 e. The van der Waals surface area contributed by atoms with E-state index in [1.807, 2.05) is 12.1 Å². The number of carbonyl (C=O) groups is 2. The maximum atomic E-state index is 11.9. The molecule has 0 unspecified atom stereocenters. The van der Waals surface area contributed by atoms with Gasteiger partial charge >= 0.3 is 6.03 Å². The average Bonchev–Trinajstić information content (AvgIpc) is 2.82. The van der Waals surface area contributed by atoms with E-state index in [-0.39, 0.29) is 18.1 Å². The molecule has 0 aliphatic heterocycles. The SMILES string of the molecule is CCCCCCCCCCCCCCCCCCNC(=O)NC(=O)CCSc1ccc(O)cc1. The third-order valence-corrected chi connectivity index (χ3v) is 7.02. The topological polar surface area (TPSA) is 78.4 Å². The molecule has 1 aromatic rings. The Balaban J connectivity index is 1.81. The lowest BCUT2D eigenvalue weighted by Gasteiger charge is -2.07. The van der Waals surface area contributed by atoms with Gasteiger partial charge in [-0.3, -0.25) is 10.1 Å². The monoisotopic (exact) mass is 492 g/mol. The molecule has 3 N–H and O–H groups in total. The first-order valence-electron chi connectivity index (χ1n) is 13.6. The summed E-state index contributed by atoms with van der Waals surface area (Å²) in [5, 5.41) is 14.4. The Morgan fingerprint density at radius 1 is 0.735 bits per heavy atom. The number of phenols is 1. The Morgan fingerprint density at radius 3 is 1.71 bits per heavy atom. The summed E-state index contributed by atoms with van der Waals surface area (Å²) in [5.41, 5.74) is 0. The number of imide groups is 1. The van der Waals surface area contributed by atoms with E-state index < -0.39 is 6.03 Å². The number of benzene rings is 1. The molecular formula is C28H48N2O3S. The molecule has 6 heteroatoms. The predicted octanol–water partition coefficient (Wildman–Crippen LogP) is 7.96. The smallest absolute Gasteiger partial charge is 0.321 e. The van der Waals surface area contributed by atoms with Crippen LogP contribution in [0.2, 0.25) is 0 Å². The van der Waals surface area contributed by atoms with Crippen LogP contribution in [-0.4, -0.2) is 29.3 Å². The Labute approximate surface area is 212 Å². The number of carbonyl (C=O) groups excluding carboxylic acids is 2. The second-order valence-electron chi connectivity index (χ2n) is 9.20. The van der Waals surface area contributed by atoms with Crippen molar-refractivity contribution in [3.8, 4) is 5.75 Å². The van der Waals surface area contributed by atoms with E-state index in [2.05, 4.69) is 17.6 Å². The highest BCUT2D eigenvalue weighted by molar-refractivity contribution is 7.99. The number of nitrogens with one attached hydrogen (secondary N) is 2. The molecule has 0 saturated heterocycles. The van der Waals surface area contributed by atoms with E-state index >= 15 is 0 Å². The fraction of sp³-hybridized carbons (Fsp3) is 0.714. The van der Waals surface area contributed by atoms with Gasteiger partial charge in [-0.2, -0.15) is 0 Å². The van der Waals surface area contributed by atoms with Crippen LogP contribution in [0.1, 0.15) is 116 Å². The average molecular weight is 493 g/mol. The maximum Gasteiger partial charge on any atom is 0.321 e. The molecule has 0 radical (unpaired) electrons. The molecule has 0 aliphatic carbocycles. The summed E-state index contributed by atoms with van der Waals surface area (Å²) in [6.07, 6.45) is 21.5. The second kappa shape index (κ2) is 21.8. The van der Waals surface area contributed by atoms with Crippen molar-refractivity contribution < 1.29 is 14.7 Å². The molecule has 0 fully saturated rings. The van der Waals surface area contributed by atoms with E-state index in [0.29, 0.717) is 12.3 Å². The van der Waals surface area contributed by atoms with Gasteiger partial charge in [-0.05, 0) is 30.7 Å². The summed E-state index contributed by atoms with van der Waals surface area (Å²) < 4.78 is 0.